The van der Waals surface area contributed by atoms with Gasteiger partial charge in [0, 0.05) is 12.5 Å². The number of carbonyl (C=O) groups is 2. The summed E-state index contributed by atoms with van der Waals surface area (Å²) in [6.07, 6.45) is 1.72. The normalized spacial score (nSPS) is 11.2. The summed E-state index contributed by atoms with van der Waals surface area (Å²) in [6.45, 7) is 2.96. The highest BCUT2D eigenvalue weighted by Crippen LogP contribution is 2.29. The molecule has 0 bridgehead atoms. The lowest BCUT2D eigenvalue weighted by molar-refractivity contribution is -0.127. The van der Waals surface area contributed by atoms with E-state index in [4.69, 9.17) is 23.2 Å². The van der Waals surface area contributed by atoms with Crippen molar-refractivity contribution in [2.45, 2.75) is 13.8 Å². The monoisotopic (exact) mass is 347 g/mol. The molecule has 1 N–H and O–H groups in total. The third-order valence-corrected chi connectivity index (χ3v) is 3.91. The Kier molecular flexibility index (Phi) is 5.59. The molecule has 23 heavy (non-hydrogen) atoms. The van der Waals surface area contributed by atoms with Crippen LogP contribution in [0.25, 0.3) is 17.2 Å². The Bertz CT molecular complexity index is 797. The van der Waals surface area contributed by atoms with E-state index >= 15 is 0 Å². The molecule has 0 atom stereocenters. The molecule has 118 valence electrons. The lowest BCUT2D eigenvalue weighted by atomic mass is 10.0. The number of halogens is 2. The fraction of sp³-hybridized carbons (Fsp3) is 0.111. The maximum absolute atomic E-state index is 11.8. The van der Waals surface area contributed by atoms with E-state index in [9.17, 15) is 9.59 Å². The number of rotatable bonds is 3. The molecule has 0 spiro atoms. The molecule has 0 radical (unpaired) electrons. The first kappa shape index (κ1) is 17.3. The molecule has 0 unspecified atom stereocenters. The maximum atomic E-state index is 11.8. The van der Waals surface area contributed by atoms with Crippen LogP contribution in [-0.2, 0) is 9.59 Å². The van der Waals surface area contributed by atoms with E-state index < -0.39 is 5.91 Å². The molecule has 0 aliphatic heterocycles. The van der Waals surface area contributed by atoms with Crippen molar-refractivity contribution in [3.8, 4) is 11.1 Å². The van der Waals surface area contributed by atoms with E-state index in [1.807, 2.05) is 30.3 Å². The predicted octanol–water partition coefficient (Wildman–Crippen LogP) is 4.73. The molecule has 3 nitrogen and oxygen atoms in total. The minimum absolute atomic E-state index is 0.382. The van der Waals surface area contributed by atoms with Gasteiger partial charge < -0.3 is 0 Å². The van der Waals surface area contributed by atoms with Gasteiger partial charge in [0.25, 0.3) is 5.91 Å². The van der Waals surface area contributed by atoms with Gasteiger partial charge in [-0.3, -0.25) is 14.9 Å². The third kappa shape index (κ3) is 4.68. The van der Waals surface area contributed by atoms with Crippen molar-refractivity contribution < 1.29 is 9.59 Å². The number of benzene rings is 2. The first-order valence-corrected chi connectivity index (χ1v) is 7.68. The van der Waals surface area contributed by atoms with Crippen LogP contribution in [0.1, 0.15) is 19.4 Å². The van der Waals surface area contributed by atoms with Crippen molar-refractivity contribution in [2.24, 2.45) is 0 Å². The zero-order valence-corrected chi connectivity index (χ0v) is 14.2. The summed E-state index contributed by atoms with van der Waals surface area (Å²) >= 11 is 12.0. The molecule has 0 aromatic heterocycles. The van der Waals surface area contributed by atoms with Crippen LogP contribution in [0.15, 0.2) is 48.0 Å². The summed E-state index contributed by atoms with van der Waals surface area (Å²) in [6, 6.07) is 13.1. The van der Waals surface area contributed by atoms with Crippen LogP contribution in [0, 0.1) is 0 Å². The Morgan fingerprint density at radius 3 is 2.30 bits per heavy atom. The van der Waals surface area contributed by atoms with Gasteiger partial charge in [0.05, 0.1) is 10.0 Å². The number of hydrogen-bond acceptors (Lipinski definition) is 2. The number of imide groups is 1. The lowest BCUT2D eigenvalue weighted by Crippen LogP contribution is -2.28. The predicted molar refractivity (Wildman–Crippen MR) is 94.4 cm³/mol. The smallest absolute Gasteiger partial charge is 0.253 e. The second-order valence-corrected chi connectivity index (χ2v) is 5.91. The van der Waals surface area contributed by atoms with Gasteiger partial charge in [-0.25, -0.2) is 0 Å². The van der Waals surface area contributed by atoms with E-state index in [1.54, 1.807) is 25.1 Å². The summed E-state index contributed by atoms with van der Waals surface area (Å²) in [5.74, 6) is -0.787. The molecule has 0 heterocycles. The first-order chi connectivity index (χ1) is 10.9. The Hall–Kier alpha value is -2.10. The summed E-state index contributed by atoms with van der Waals surface area (Å²) < 4.78 is 0. The van der Waals surface area contributed by atoms with Crippen LogP contribution in [0.5, 0.6) is 0 Å². The molecule has 5 heteroatoms. The second-order valence-electron chi connectivity index (χ2n) is 5.09. The van der Waals surface area contributed by atoms with Crippen LogP contribution in [0.2, 0.25) is 10.0 Å². The largest absolute Gasteiger partial charge is 0.293 e. The van der Waals surface area contributed by atoms with Crippen molar-refractivity contribution in [3.63, 3.8) is 0 Å². The second kappa shape index (κ2) is 7.44. The van der Waals surface area contributed by atoms with E-state index in [1.165, 1.54) is 6.92 Å². The molecular formula is C18H15Cl2NO2. The molecule has 0 saturated carbocycles. The highest BCUT2D eigenvalue weighted by Gasteiger charge is 2.07. The van der Waals surface area contributed by atoms with Crippen molar-refractivity contribution in [3.05, 3.63) is 63.6 Å². The minimum Gasteiger partial charge on any atom is -0.293 e. The van der Waals surface area contributed by atoms with Gasteiger partial charge in [-0.1, -0.05) is 47.5 Å². The van der Waals surface area contributed by atoms with Crippen LogP contribution < -0.4 is 5.32 Å². The molecular weight excluding hydrogens is 333 g/mol. The molecule has 0 aliphatic carbocycles. The Balaban J connectivity index is 2.31. The van der Waals surface area contributed by atoms with Crippen molar-refractivity contribution in [1.29, 1.82) is 0 Å². The highest BCUT2D eigenvalue weighted by molar-refractivity contribution is 6.42. The Morgan fingerprint density at radius 1 is 0.957 bits per heavy atom. The fourth-order valence-electron chi connectivity index (χ4n) is 2.06. The summed E-state index contributed by atoms with van der Waals surface area (Å²) in [5, 5.41) is 3.24. The molecule has 2 amide bonds. The van der Waals surface area contributed by atoms with Crippen LogP contribution in [0.4, 0.5) is 0 Å². The molecule has 2 aromatic carbocycles. The van der Waals surface area contributed by atoms with Crippen LogP contribution in [-0.4, -0.2) is 11.8 Å². The molecule has 0 saturated heterocycles. The number of amides is 2. The quantitative estimate of drug-likeness (QED) is 0.816. The van der Waals surface area contributed by atoms with E-state index in [0.29, 0.717) is 15.6 Å². The number of nitrogens with one attached hydrogen (secondary N) is 1. The van der Waals surface area contributed by atoms with Crippen LogP contribution >= 0.6 is 23.2 Å². The summed E-state index contributed by atoms with van der Waals surface area (Å²) in [7, 11) is 0. The zero-order chi connectivity index (χ0) is 17.0. The van der Waals surface area contributed by atoms with Gasteiger partial charge >= 0.3 is 0 Å². The SMILES string of the molecule is CC(=O)NC(=O)/C(C)=C/c1cccc(-c2ccc(Cl)c(Cl)c2)c1. The summed E-state index contributed by atoms with van der Waals surface area (Å²) in [5.41, 5.74) is 3.19. The van der Waals surface area contributed by atoms with E-state index in [2.05, 4.69) is 5.32 Å². The van der Waals surface area contributed by atoms with Gasteiger partial charge in [0.2, 0.25) is 5.91 Å². The fourth-order valence-corrected chi connectivity index (χ4v) is 2.36. The van der Waals surface area contributed by atoms with Crippen LogP contribution in [0.3, 0.4) is 0 Å². The lowest BCUT2D eigenvalue weighted by Gasteiger charge is -2.06. The topological polar surface area (TPSA) is 46.2 Å². The van der Waals surface area contributed by atoms with E-state index in [-0.39, 0.29) is 5.91 Å². The molecule has 0 fully saturated rings. The highest BCUT2D eigenvalue weighted by atomic mass is 35.5. The van der Waals surface area contributed by atoms with Gasteiger partial charge in [-0.05, 0) is 47.9 Å². The van der Waals surface area contributed by atoms with Crippen molar-refractivity contribution >= 4 is 41.1 Å². The molecule has 2 rings (SSSR count). The Labute approximate surface area is 144 Å². The van der Waals surface area contributed by atoms with Gasteiger partial charge in [-0.15, -0.1) is 0 Å². The molecule has 2 aromatic rings. The summed E-state index contributed by atoms with van der Waals surface area (Å²) in [4.78, 5) is 22.7. The third-order valence-electron chi connectivity index (χ3n) is 3.17. The van der Waals surface area contributed by atoms with Gasteiger partial charge in [0.1, 0.15) is 0 Å². The molecule has 0 aliphatic rings. The minimum atomic E-state index is -0.405. The van der Waals surface area contributed by atoms with E-state index in [0.717, 1.165) is 16.7 Å². The average molecular weight is 348 g/mol. The van der Waals surface area contributed by atoms with Gasteiger partial charge in [0.15, 0.2) is 0 Å². The number of carbonyl (C=O) groups excluding carboxylic acids is 2. The first-order valence-electron chi connectivity index (χ1n) is 6.92. The maximum Gasteiger partial charge on any atom is 0.253 e. The standard InChI is InChI=1S/C18H15Cl2NO2/c1-11(18(23)21-12(2)22)8-13-4-3-5-14(9-13)15-6-7-16(19)17(20)10-15/h3-10H,1-2H3,(H,21,22,23)/b11-8+. The van der Waals surface area contributed by atoms with Crippen molar-refractivity contribution in [2.75, 3.05) is 0 Å². The zero-order valence-electron chi connectivity index (χ0n) is 12.7. The average Bonchev–Trinajstić information content (AvgIpc) is 2.49. The van der Waals surface area contributed by atoms with Crippen molar-refractivity contribution in [1.82, 2.24) is 5.32 Å². The number of hydrogen-bond donors (Lipinski definition) is 1. The Morgan fingerprint density at radius 2 is 1.65 bits per heavy atom. The van der Waals surface area contributed by atoms with Gasteiger partial charge in [-0.2, -0.15) is 0 Å².